The molecule has 0 bridgehead atoms. The summed E-state index contributed by atoms with van der Waals surface area (Å²) in [6.45, 7) is 8.04. The van der Waals surface area contributed by atoms with Gasteiger partial charge in [0.05, 0.1) is 17.2 Å². The monoisotopic (exact) mass is 325 g/mol. The van der Waals surface area contributed by atoms with Gasteiger partial charge in [0.25, 0.3) is 5.91 Å². The van der Waals surface area contributed by atoms with Gasteiger partial charge >= 0.3 is 0 Å². The molecule has 0 aliphatic heterocycles. The third-order valence-corrected chi connectivity index (χ3v) is 4.21. The Balaban J connectivity index is 2.45. The molecule has 1 heterocycles. The SMILES string of the molecule is CCOCCCn1c(C)c(C(N)=O)c(-c2ccc(C#N)cc2)c1C. The molecule has 1 aromatic heterocycles. The molecule has 0 fully saturated rings. The molecule has 0 radical (unpaired) electrons. The lowest BCUT2D eigenvalue weighted by Crippen LogP contribution is -2.13. The van der Waals surface area contributed by atoms with Crippen LogP contribution in [-0.2, 0) is 11.3 Å². The molecule has 126 valence electrons. The molecule has 0 spiro atoms. The van der Waals surface area contributed by atoms with E-state index in [1.807, 2.05) is 32.9 Å². The number of benzene rings is 1. The van der Waals surface area contributed by atoms with Gasteiger partial charge in [0, 0.05) is 36.7 Å². The maximum Gasteiger partial charge on any atom is 0.251 e. The van der Waals surface area contributed by atoms with Gasteiger partial charge in [-0.3, -0.25) is 4.79 Å². The molecule has 0 saturated carbocycles. The first-order chi connectivity index (χ1) is 11.5. The van der Waals surface area contributed by atoms with Crippen LogP contribution in [-0.4, -0.2) is 23.7 Å². The lowest BCUT2D eigenvalue weighted by Gasteiger charge is -2.10. The molecule has 0 saturated heterocycles. The number of ether oxygens (including phenoxy) is 1. The van der Waals surface area contributed by atoms with Crippen LogP contribution in [0.25, 0.3) is 11.1 Å². The number of carbonyl (C=O) groups excluding carboxylic acids is 1. The van der Waals surface area contributed by atoms with Gasteiger partial charge in [-0.1, -0.05) is 12.1 Å². The highest BCUT2D eigenvalue weighted by molar-refractivity contribution is 6.02. The van der Waals surface area contributed by atoms with Gasteiger partial charge in [-0.15, -0.1) is 0 Å². The molecule has 0 aliphatic rings. The zero-order valence-electron chi connectivity index (χ0n) is 14.4. The van der Waals surface area contributed by atoms with Gasteiger partial charge in [-0.25, -0.2) is 0 Å². The lowest BCUT2D eigenvalue weighted by molar-refractivity contribution is 0.1000. The van der Waals surface area contributed by atoms with Crippen molar-refractivity contribution in [3.8, 4) is 17.2 Å². The number of carbonyl (C=O) groups is 1. The number of hydrogen-bond acceptors (Lipinski definition) is 3. The molecule has 2 rings (SSSR count). The average molecular weight is 325 g/mol. The van der Waals surface area contributed by atoms with E-state index in [1.165, 1.54) is 0 Å². The van der Waals surface area contributed by atoms with Crippen LogP contribution in [0.1, 0.15) is 40.7 Å². The molecule has 1 amide bonds. The van der Waals surface area contributed by atoms with Crippen molar-refractivity contribution in [1.29, 1.82) is 5.26 Å². The third kappa shape index (κ3) is 3.50. The van der Waals surface area contributed by atoms with Crippen molar-refractivity contribution in [2.75, 3.05) is 13.2 Å². The quantitative estimate of drug-likeness (QED) is 0.794. The van der Waals surface area contributed by atoms with E-state index in [1.54, 1.807) is 12.1 Å². The van der Waals surface area contributed by atoms with Crippen LogP contribution in [0.3, 0.4) is 0 Å². The number of primary amides is 1. The van der Waals surface area contributed by atoms with Crippen molar-refractivity contribution < 1.29 is 9.53 Å². The third-order valence-electron chi connectivity index (χ3n) is 4.21. The van der Waals surface area contributed by atoms with Crippen LogP contribution in [0.15, 0.2) is 24.3 Å². The fraction of sp³-hybridized carbons (Fsp3) is 0.368. The zero-order valence-corrected chi connectivity index (χ0v) is 14.4. The van der Waals surface area contributed by atoms with Crippen LogP contribution >= 0.6 is 0 Å². The zero-order chi connectivity index (χ0) is 17.7. The molecule has 5 heteroatoms. The van der Waals surface area contributed by atoms with E-state index in [9.17, 15) is 4.79 Å². The normalized spacial score (nSPS) is 10.6. The lowest BCUT2D eigenvalue weighted by atomic mass is 9.99. The summed E-state index contributed by atoms with van der Waals surface area (Å²) < 4.78 is 7.51. The Morgan fingerprint density at radius 3 is 2.46 bits per heavy atom. The molecule has 0 aliphatic carbocycles. The summed E-state index contributed by atoms with van der Waals surface area (Å²) in [4.78, 5) is 12.0. The molecular formula is C19H23N3O2. The standard InChI is InChI=1S/C19H23N3O2/c1-4-24-11-5-10-22-13(2)17(18(14(22)3)19(21)23)16-8-6-15(12-20)7-9-16/h6-9H,4-5,10-11H2,1-3H3,(H2,21,23). The van der Waals surface area contributed by atoms with Crippen LogP contribution in [0.5, 0.6) is 0 Å². The fourth-order valence-corrected chi connectivity index (χ4v) is 3.05. The molecule has 0 unspecified atom stereocenters. The first-order valence-electron chi connectivity index (χ1n) is 8.09. The largest absolute Gasteiger partial charge is 0.382 e. The molecule has 2 N–H and O–H groups in total. The van der Waals surface area contributed by atoms with Gasteiger partial charge in [-0.05, 0) is 44.9 Å². The summed E-state index contributed by atoms with van der Waals surface area (Å²) in [5.41, 5.74) is 10.4. The van der Waals surface area contributed by atoms with Crippen molar-refractivity contribution in [3.05, 3.63) is 46.8 Å². The Kier molecular flexibility index (Phi) is 5.78. The number of nitrogens with zero attached hydrogens (tertiary/aromatic N) is 2. The fourth-order valence-electron chi connectivity index (χ4n) is 3.05. The van der Waals surface area contributed by atoms with Crippen LogP contribution in [0, 0.1) is 25.2 Å². The van der Waals surface area contributed by atoms with Crippen molar-refractivity contribution in [3.63, 3.8) is 0 Å². The minimum absolute atomic E-state index is 0.432. The molecule has 0 atom stereocenters. The molecule has 24 heavy (non-hydrogen) atoms. The van der Waals surface area contributed by atoms with Gasteiger partial charge < -0.3 is 15.0 Å². The summed E-state index contributed by atoms with van der Waals surface area (Å²) in [6.07, 6.45) is 0.870. The van der Waals surface area contributed by atoms with Crippen molar-refractivity contribution >= 4 is 5.91 Å². The highest BCUT2D eigenvalue weighted by Gasteiger charge is 2.22. The summed E-state index contributed by atoms with van der Waals surface area (Å²) in [7, 11) is 0. The molecule has 1 aromatic carbocycles. The number of amides is 1. The Bertz CT molecular complexity index is 767. The second-order valence-corrected chi connectivity index (χ2v) is 5.68. The molecule has 5 nitrogen and oxygen atoms in total. The average Bonchev–Trinajstić information content (AvgIpc) is 2.83. The molecule has 2 aromatic rings. The predicted molar refractivity (Wildman–Crippen MR) is 93.7 cm³/mol. The van der Waals surface area contributed by atoms with Gasteiger partial charge in [0.1, 0.15) is 0 Å². The highest BCUT2D eigenvalue weighted by Crippen LogP contribution is 2.32. The summed E-state index contributed by atoms with van der Waals surface area (Å²) in [5.74, 6) is -0.432. The summed E-state index contributed by atoms with van der Waals surface area (Å²) in [5, 5.41) is 8.95. The first kappa shape index (κ1) is 17.8. The van der Waals surface area contributed by atoms with E-state index >= 15 is 0 Å². The van der Waals surface area contributed by atoms with Crippen molar-refractivity contribution in [2.24, 2.45) is 5.73 Å². The van der Waals surface area contributed by atoms with Crippen molar-refractivity contribution in [1.82, 2.24) is 4.57 Å². The summed E-state index contributed by atoms with van der Waals surface area (Å²) in [6, 6.07) is 9.32. The van der Waals surface area contributed by atoms with E-state index in [2.05, 4.69) is 10.6 Å². The number of rotatable bonds is 7. The minimum Gasteiger partial charge on any atom is -0.382 e. The number of hydrogen-bond donors (Lipinski definition) is 1. The van der Waals surface area contributed by atoms with E-state index in [0.29, 0.717) is 24.3 Å². The Hall–Kier alpha value is -2.58. The number of nitriles is 1. The Morgan fingerprint density at radius 2 is 1.92 bits per heavy atom. The van der Waals surface area contributed by atoms with Gasteiger partial charge in [-0.2, -0.15) is 5.26 Å². The van der Waals surface area contributed by atoms with E-state index < -0.39 is 5.91 Å². The maximum atomic E-state index is 12.0. The van der Waals surface area contributed by atoms with Gasteiger partial charge in [0.15, 0.2) is 0 Å². The van der Waals surface area contributed by atoms with Crippen LogP contribution in [0.2, 0.25) is 0 Å². The van der Waals surface area contributed by atoms with E-state index in [-0.39, 0.29) is 0 Å². The predicted octanol–water partition coefficient (Wildman–Crippen LogP) is 3.17. The highest BCUT2D eigenvalue weighted by atomic mass is 16.5. The van der Waals surface area contributed by atoms with Gasteiger partial charge in [0.2, 0.25) is 0 Å². The van der Waals surface area contributed by atoms with Crippen LogP contribution < -0.4 is 5.73 Å². The number of aromatic nitrogens is 1. The minimum atomic E-state index is -0.432. The Labute approximate surface area is 142 Å². The van der Waals surface area contributed by atoms with Crippen molar-refractivity contribution in [2.45, 2.75) is 33.7 Å². The smallest absolute Gasteiger partial charge is 0.251 e. The topological polar surface area (TPSA) is 81.0 Å². The van der Waals surface area contributed by atoms with E-state index in [0.717, 1.165) is 35.5 Å². The maximum absolute atomic E-state index is 12.0. The summed E-state index contributed by atoms with van der Waals surface area (Å²) >= 11 is 0. The first-order valence-corrected chi connectivity index (χ1v) is 8.09. The second kappa shape index (κ2) is 7.80. The second-order valence-electron chi connectivity index (χ2n) is 5.68. The number of nitrogens with two attached hydrogens (primary N) is 1. The molecular weight excluding hydrogens is 302 g/mol. The van der Waals surface area contributed by atoms with E-state index in [4.69, 9.17) is 15.7 Å². The van der Waals surface area contributed by atoms with Crippen LogP contribution in [0.4, 0.5) is 0 Å². The Morgan fingerprint density at radius 1 is 1.25 bits per heavy atom.